The summed E-state index contributed by atoms with van der Waals surface area (Å²) < 4.78 is 21.9. The molecule has 26 heavy (non-hydrogen) atoms. The SMILES string of the molecule is COc1nc2ncnn2c(N2CCC(C)CC2)c1-c1c(F)cccc1Cl. The Bertz CT molecular complexity index is 932. The minimum atomic E-state index is -0.427. The van der Waals surface area contributed by atoms with E-state index in [1.807, 2.05) is 0 Å². The molecule has 0 radical (unpaired) electrons. The summed E-state index contributed by atoms with van der Waals surface area (Å²) >= 11 is 6.37. The molecule has 136 valence electrons. The van der Waals surface area contributed by atoms with Gasteiger partial charge < -0.3 is 9.64 Å². The van der Waals surface area contributed by atoms with Crippen LogP contribution in [0.3, 0.4) is 0 Å². The number of hydrogen-bond donors (Lipinski definition) is 0. The third-order valence-corrected chi connectivity index (χ3v) is 5.17. The molecule has 3 aromatic rings. The van der Waals surface area contributed by atoms with Gasteiger partial charge in [0.25, 0.3) is 5.78 Å². The van der Waals surface area contributed by atoms with Crippen LogP contribution in [-0.2, 0) is 0 Å². The molecule has 0 N–H and O–H groups in total. The number of anilines is 1. The molecule has 2 aromatic heterocycles. The van der Waals surface area contributed by atoms with Gasteiger partial charge in [-0.1, -0.05) is 24.6 Å². The molecule has 0 spiro atoms. The van der Waals surface area contributed by atoms with E-state index in [1.165, 1.54) is 19.5 Å². The minimum absolute atomic E-state index is 0.268. The predicted octanol–water partition coefficient (Wildman–Crippen LogP) is 3.83. The van der Waals surface area contributed by atoms with E-state index >= 15 is 0 Å². The van der Waals surface area contributed by atoms with Gasteiger partial charge in [0.15, 0.2) is 0 Å². The molecule has 1 aromatic carbocycles. The van der Waals surface area contributed by atoms with Gasteiger partial charge in [0, 0.05) is 18.7 Å². The van der Waals surface area contributed by atoms with Crippen LogP contribution in [0.25, 0.3) is 16.9 Å². The number of halogens is 2. The Morgan fingerprint density at radius 1 is 1.23 bits per heavy atom. The van der Waals surface area contributed by atoms with Crippen LogP contribution in [0.4, 0.5) is 10.2 Å². The summed E-state index contributed by atoms with van der Waals surface area (Å²) in [7, 11) is 1.51. The van der Waals surface area contributed by atoms with E-state index in [-0.39, 0.29) is 11.4 Å². The quantitative estimate of drug-likeness (QED) is 0.696. The first kappa shape index (κ1) is 17.0. The van der Waals surface area contributed by atoms with Crippen molar-refractivity contribution in [3.05, 3.63) is 35.4 Å². The van der Waals surface area contributed by atoms with Crippen LogP contribution in [-0.4, -0.2) is 39.8 Å². The summed E-state index contributed by atoms with van der Waals surface area (Å²) in [6.07, 6.45) is 3.53. The van der Waals surface area contributed by atoms with Gasteiger partial charge in [-0.25, -0.2) is 4.39 Å². The topological polar surface area (TPSA) is 55.6 Å². The van der Waals surface area contributed by atoms with Crippen molar-refractivity contribution < 1.29 is 9.13 Å². The summed E-state index contributed by atoms with van der Waals surface area (Å²) in [6, 6.07) is 4.62. The first-order valence-electron chi connectivity index (χ1n) is 8.57. The first-order valence-corrected chi connectivity index (χ1v) is 8.95. The van der Waals surface area contributed by atoms with Crippen LogP contribution in [0, 0.1) is 11.7 Å². The van der Waals surface area contributed by atoms with Crippen molar-refractivity contribution in [3.63, 3.8) is 0 Å². The zero-order valence-electron chi connectivity index (χ0n) is 14.6. The minimum Gasteiger partial charge on any atom is -0.480 e. The Hall–Kier alpha value is -2.41. The predicted molar refractivity (Wildman–Crippen MR) is 98.3 cm³/mol. The van der Waals surface area contributed by atoms with Crippen molar-refractivity contribution in [2.75, 3.05) is 25.1 Å². The highest BCUT2D eigenvalue weighted by molar-refractivity contribution is 6.33. The molecule has 0 amide bonds. The second kappa shape index (κ2) is 6.72. The normalized spacial score (nSPS) is 15.6. The zero-order valence-corrected chi connectivity index (χ0v) is 15.4. The molecule has 6 nitrogen and oxygen atoms in total. The van der Waals surface area contributed by atoms with Crippen LogP contribution in [0.1, 0.15) is 19.8 Å². The molecule has 3 heterocycles. The largest absolute Gasteiger partial charge is 0.480 e. The number of benzene rings is 1. The second-order valence-corrected chi connectivity index (χ2v) is 6.96. The van der Waals surface area contributed by atoms with Gasteiger partial charge in [0.1, 0.15) is 18.0 Å². The Balaban J connectivity index is 2.03. The third kappa shape index (κ3) is 2.76. The molecule has 0 aliphatic carbocycles. The molecule has 1 aliphatic rings. The van der Waals surface area contributed by atoms with Crippen molar-refractivity contribution >= 4 is 23.2 Å². The highest BCUT2D eigenvalue weighted by Gasteiger charge is 2.29. The summed E-state index contributed by atoms with van der Waals surface area (Å²) in [5.41, 5.74) is 0.771. The van der Waals surface area contributed by atoms with Crippen molar-refractivity contribution in [1.29, 1.82) is 0 Å². The van der Waals surface area contributed by atoms with Crippen molar-refractivity contribution in [2.45, 2.75) is 19.8 Å². The summed E-state index contributed by atoms with van der Waals surface area (Å²) in [5, 5.41) is 4.62. The molecule has 0 bridgehead atoms. The van der Waals surface area contributed by atoms with Crippen molar-refractivity contribution in [1.82, 2.24) is 19.6 Å². The Kier molecular flexibility index (Phi) is 4.40. The highest BCUT2D eigenvalue weighted by Crippen LogP contribution is 2.43. The molecular formula is C18H19ClFN5O. The number of piperidine rings is 1. The second-order valence-electron chi connectivity index (χ2n) is 6.56. The smallest absolute Gasteiger partial charge is 0.257 e. The van der Waals surface area contributed by atoms with E-state index in [4.69, 9.17) is 16.3 Å². The molecular weight excluding hydrogens is 357 g/mol. The molecule has 1 aliphatic heterocycles. The molecule has 1 fully saturated rings. The molecule has 1 saturated heterocycles. The van der Waals surface area contributed by atoms with Crippen molar-refractivity contribution in [3.8, 4) is 17.0 Å². The number of hydrogen-bond acceptors (Lipinski definition) is 5. The Labute approximate surface area is 155 Å². The van der Waals surface area contributed by atoms with E-state index in [0.717, 1.165) is 25.9 Å². The van der Waals surface area contributed by atoms with Gasteiger partial charge in [-0.05, 0) is 30.9 Å². The summed E-state index contributed by atoms with van der Waals surface area (Å²) in [4.78, 5) is 10.8. The number of aromatic nitrogens is 4. The van der Waals surface area contributed by atoms with Crippen LogP contribution in [0.2, 0.25) is 5.02 Å². The fraction of sp³-hybridized carbons (Fsp3) is 0.389. The molecule has 0 saturated carbocycles. The standard InChI is InChI=1S/C18H19ClFN5O/c1-11-6-8-24(9-7-11)17-15(14-12(19)4-3-5-13(14)20)16(26-2)23-18-21-10-22-25(17)18/h3-5,10-11H,6-9H2,1-2H3. The lowest BCUT2D eigenvalue weighted by Gasteiger charge is -2.33. The summed E-state index contributed by atoms with van der Waals surface area (Å²) in [5.74, 6) is 1.63. The number of nitrogens with zero attached hydrogens (tertiary/aromatic N) is 5. The molecule has 4 rings (SSSR count). The maximum atomic E-state index is 14.8. The first-order chi connectivity index (χ1) is 12.6. The van der Waals surface area contributed by atoms with Crippen molar-refractivity contribution in [2.24, 2.45) is 5.92 Å². The average Bonchev–Trinajstić information content (AvgIpc) is 3.10. The van der Waals surface area contributed by atoms with E-state index < -0.39 is 5.82 Å². The molecule has 8 heteroatoms. The van der Waals surface area contributed by atoms with Gasteiger partial charge >= 0.3 is 0 Å². The van der Waals surface area contributed by atoms with Crippen LogP contribution >= 0.6 is 11.6 Å². The fourth-order valence-corrected chi connectivity index (χ4v) is 3.68. The maximum absolute atomic E-state index is 14.8. The van der Waals surface area contributed by atoms with Crippen LogP contribution in [0.5, 0.6) is 5.88 Å². The van der Waals surface area contributed by atoms with E-state index in [0.29, 0.717) is 28.1 Å². The van der Waals surface area contributed by atoms with Gasteiger partial charge in [0.05, 0.1) is 17.7 Å². The van der Waals surface area contributed by atoms with Gasteiger partial charge in [-0.15, -0.1) is 0 Å². The average molecular weight is 376 g/mol. The van der Waals surface area contributed by atoms with Crippen LogP contribution < -0.4 is 9.64 Å². The van der Waals surface area contributed by atoms with Crippen LogP contribution in [0.15, 0.2) is 24.5 Å². The van der Waals surface area contributed by atoms with E-state index in [9.17, 15) is 4.39 Å². The number of fused-ring (bicyclic) bond motifs is 1. The van der Waals surface area contributed by atoms with E-state index in [2.05, 4.69) is 26.9 Å². The fourth-order valence-electron chi connectivity index (χ4n) is 3.42. The lowest BCUT2D eigenvalue weighted by atomic mass is 9.98. The highest BCUT2D eigenvalue weighted by atomic mass is 35.5. The zero-order chi connectivity index (χ0) is 18.3. The number of ether oxygens (including phenoxy) is 1. The van der Waals surface area contributed by atoms with Gasteiger partial charge in [-0.2, -0.15) is 19.6 Å². The summed E-state index contributed by atoms with van der Waals surface area (Å²) in [6.45, 7) is 3.91. The Morgan fingerprint density at radius 2 is 2.00 bits per heavy atom. The monoisotopic (exact) mass is 375 g/mol. The Morgan fingerprint density at radius 3 is 2.69 bits per heavy atom. The van der Waals surface area contributed by atoms with Gasteiger partial charge in [-0.3, -0.25) is 0 Å². The lowest BCUT2D eigenvalue weighted by molar-refractivity contribution is 0.397. The molecule has 0 unspecified atom stereocenters. The number of rotatable bonds is 3. The lowest BCUT2D eigenvalue weighted by Crippen LogP contribution is -2.35. The van der Waals surface area contributed by atoms with Gasteiger partial charge in [0.2, 0.25) is 5.88 Å². The third-order valence-electron chi connectivity index (χ3n) is 4.86. The van der Waals surface area contributed by atoms with E-state index in [1.54, 1.807) is 16.6 Å². The maximum Gasteiger partial charge on any atom is 0.257 e. The number of methoxy groups -OCH3 is 1. The molecule has 0 atom stereocenters.